The molecule has 0 aromatic heterocycles. The third-order valence-corrected chi connectivity index (χ3v) is 0.233. The Labute approximate surface area is 64.2 Å². The van der Waals surface area contributed by atoms with Crippen molar-refractivity contribution in [3.05, 3.63) is 0 Å². The SMILES string of the molecule is N/N=C(/N)[S-].[Cl-].[Cu+2]. The van der Waals surface area contributed by atoms with E-state index >= 15 is 0 Å². The van der Waals surface area contributed by atoms with Crippen LogP contribution in [-0.4, -0.2) is 5.17 Å². The molecule has 0 spiro atoms. The van der Waals surface area contributed by atoms with E-state index in [2.05, 4.69) is 23.6 Å². The summed E-state index contributed by atoms with van der Waals surface area (Å²) >= 11 is 4.18. The molecule has 0 aliphatic carbocycles. The van der Waals surface area contributed by atoms with Gasteiger partial charge < -0.3 is 36.6 Å². The average Bonchev–Trinajstić information content (AvgIpc) is 1.38. The van der Waals surface area contributed by atoms with Crippen molar-refractivity contribution in [3.63, 3.8) is 0 Å². The second-order valence-corrected chi connectivity index (χ2v) is 0.886. The van der Waals surface area contributed by atoms with Gasteiger partial charge in [-0.3, -0.25) is 0 Å². The minimum absolute atomic E-state index is 0. The Kier molecular flexibility index (Phi) is 21.4. The van der Waals surface area contributed by atoms with Crippen molar-refractivity contribution in [3.8, 4) is 0 Å². The minimum Gasteiger partial charge on any atom is -1.00 e. The van der Waals surface area contributed by atoms with Crippen molar-refractivity contribution in [1.82, 2.24) is 0 Å². The number of halogens is 1. The van der Waals surface area contributed by atoms with Crippen LogP contribution in [0.15, 0.2) is 5.10 Å². The van der Waals surface area contributed by atoms with E-state index in [4.69, 9.17) is 5.73 Å². The first-order chi connectivity index (χ1) is 2.27. The van der Waals surface area contributed by atoms with Gasteiger partial charge in [0.05, 0.1) is 0 Å². The van der Waals surface area contributed by atoms with Crippen LogP contribution in [0.2, 0.25) is 0 Å². The van der Waals surface area contributed by atoms with E-state index in [-0.39, 0.29) is 34.6 Å². The molecule has 0 heterocycles. The first-order valence-corrected chi connectivity index (χ1v) is 1.38. The number of amidine groups is 1. The molecule has 0 saturated heterocycles. The summed E-state index contributed by atoms with van der Waals surface area (Å²) < 4.78 is 0. The van der Waals surface area contributed by atoms with Crippen molar-refractivity contribution in [2.45, 2.75) is 0 Å². The monoisotopic (exact) mass is 188 g/mol. The molecule has 0 atom stereocenters. The van der Waals surface area contributed by atoms with Gasteiger partial charge in [-0.1, -0.05) is 0 Å². The van der Waals surface area contributed by atoms with Gasteiger partial charge in [-0.2, -0.15) is 5.10 Å². The van der Waals surface area contributed by atoms with Gasteiger partial charge in [0.15, 0.2) is 0 Å². The molecule has 0 aromatic carbocycles. The van der Waals surface area contributed by atoms with Gasteiger partial charge in [-0.25, -0.2) is 0 Å². The van der Waals surface area contributed by atoms with Gasteiger partial charge in [0.2, 0.25) is 0 Å². The van der Waals surface area contributed by atoms with E-state index in [0.717, 1.165) is 0 Å². The standard InChI is InChI=1S/CH5N3S.ClH.Cu/c2-1(5)4-3;;/h3H2,(H3,2,4,5);1H;/q;;+2/p-2. The Morgan fingerprint density at radius 1 is 1.57 bits per heavy atom. The van der Waals surface area contributed by atoms with Crippen LogP contribution >= 0.6 is 0 Å². The van der Waals surface area contributed by atoms with Crippen LogP contribution in [-0.2, 0) is 29.7 Å². The molecule has 7 heavy (non-hydrogen) atoms. The summed E-state index contributed by atoms with van der Waals surface area (Å²) in [6, 6.07) is 0. The van der Waals surface area contributed by atoms with E-state index in [1.807, 2.05) is 0 Å². The molecule has 0 fully saturated rings. The molecule has 47 valence electrons. The normalized spacial score (nSPS) is 8.29. The first kappa shape index (κ1) is 15.7. The summed E-state index contributed by atoms with van der Waals surface area (Å²) in [5.74, 6) is 4.53. The van der Waals surface area contributed by atoms with Gasteiger partial charge >= 0.3 is 17.1 Å². The van der Waals surface area contributed by atoms with E-state index in [1.54, 1.807) is 0 Å². The second-order valence-electron chi connectivity index (χ2n) is 0.467. The molecule has 0 rings (SSSR count). The minimum atomic E-state index is -0.00926. The average molecular weight is 189 g/mol. The summed E-state index contributed by atoms with van der Waals surface area (Å²) in [6.45, 7) is 0. The van der Waals surface area contributed by atoms with Crippen molar-refractivity contribution < 1.29 is 29.5 Å². The fourth-order valence-electron chi connectivity index (χ4n) is 0. The zero-order valence-electron chi connectivity index (χ0n) is 3.19. The maximum Gasteiger partial charge on any atom is 2.00 e. The summed E-state index contributed by atoms with van der Waals surface area (Å²) in [5, 5.41) is 2.89. The van der Waals surface area contributed by atoms with Gasteiger partial charge in [0.25, 0.3) is 0 Å². The van der Waals surface area contributed by atoms with Crippen LogP contribution in [0, 0.1) is 0 Å². The van der Waals surface area contributed by atoms with Crippen LogP contribution in [0.25, 0.3) is 0 Å². The number of hydrogen-bond acceptors (Lipinski definition) is 3. The fraction of sp³-hybridized carbons (Fsp3) is 0. The second kappa shape index (κ2) is 9.57. The molecule has 0 amide bonds. The largest absolute Gasteiger partial charge is 2.00 e. The molecular formula is CH4ClCuN3S. The van der Waals surface area contributed by atoms with E-state index in [0.29, 0.717) is 0 Å². The predicted molar refractivity (Wildman–Crippen MR) is 23.2 cm³/mol. The number of hydrazone groups is 1. The molecule has 0 unspecified atom stereocenters. The van der Waals surface area contributed by atoms with E-state index in [1.165, 1.54) is 0 Å². The van der Waals surface area contributed by atoms with Crippen molar-refractivity contribution in [1.29, 1.82) is 0 Å². The number of rotatable bonds is 0. The number of hydrogen-bond donors (Lipinski definition) is 2. The number of nitrogens with zero attached hydrogens (tertiary/aromatic N) is 1. The molecule has 4 N–H and O–H groups in total. The summed E-state index contributed by atoms with van der Waals surface area (Å²) in [6.07, 6.45) is 0. The molecule has 0 aliphatic rings. The van der Waals surface area contributed by atoms with Crippen molar-refractivity contribution in [2.75, 3.05) is 0 Å². The molecule has 0 aliphatic heterocycles. The smallest absolute Gasteiger partial charge is 1.00 e. The predicted octanol–water partition coefficient (Wildman–Crippen LogP) is -4.28. The van der Waals surface area contributed by atoms with Crippen LogP contribution in [0.3, 0.4) is 0 Å². The first-order valence-electron chi connectivity index (χ1n) is 0.975. The molecule has 1 radical (unpaired) electrons. The summed E-state index contributed by atoms with van der Waals surface area (Å²) in [5.41, 5.74) is 4.73. The van der Waals surface area contributed by atoms with Crippen LogP contribution < -0.4 is 24.0 Å². The molecule has 6 heteroatoms. The van der Waals surface area contributed by atoms with Gasteiger partial charge in [0, 0.05) is 0 Å². The summed E-state index contributed by atoms with van der Waals surface area (Å²) in [4.78, 5) is 0. The third kappa shape index (κ3) is 22.0. The Morgan fingerprint density at radius 2 is 1.71 bits per heavy atom. The van der Waals surface area contributed by atoms with Crippen molar-refractivity contribution >= 4 is 17.8 Å². The Morgan fingerprint density at radius 3 is 1.71 bits per heavy atom. The topological polar surface area (TPSA) is 64.4 Å². The third-order valence-electron chi connectivity index (χ3n) is 0.127. The quantitative estimate of drug-likeness (QED) is 0.101. The Hall–Kier alpha value is 0.299. The molecule has 0 saturated carbocycles. The van der Waals surface area contributed by atoms with Gasteiger partial charge in [0.1, 0.15) is 0 Å². The molecule has 3 nitrogen and oxygen atoms in total. The molecule has 0 aromatic rings. The maximum absolute atomic E-state index is 4.73. The van der Waals surface area contributed by atoms with Gasteiger partial charge in [-0.05, 0) is 5.17 Å². The Bertz CT molecular complexity index is 52.9. The summed E-state index contributed by atoms with van der Waals surface area (Å²) in [7, 11) is 0. The van der Waals surface area contributed by atoms with E-state index in [9.17, 15) is 0 Å². The van der Waals surface area contributed by atoms with Crippen molar-refractivity contribution in [2.24, 2.45) is 16.7 Å². The zero-order chi connectivity index (χ0) is 4.28. The fourth-order valence-corrected chi connectivity index (χ4v) is 0. The maximum atomic E-state index is 4.73. The van der Waals surface area contributed by atoms with Gasteiger partial charge in [-0.15, -0.1) is 0 Å². The molecule has 0 bridgehead atoms. The van der Waals surface area contributed by atoms with Crippen LogP contribution in [0.1, 0.15) is 0 Å². The van der Waals surface area contributed by atoms with E-state index < -0.39 is 0 Å². The number of nitrogens with two attached hydrogens (primary N) is 2. The van der Waals surface area contributed by atoms with Crippen LogP contribution in [0.5, 0.6) is 0 Å². The Balaban J connectivity index is -0.0000000800. The zero-order valence-corrected chi connectivity index (χ0v) is 5.70. The van der Waals surface area contributed by atoms with Crippen LogP contribution in [0.4, 0.5) is 0 Å². The molecular weight excluding hydrogens is 185 g/mol.